The van der Waals surface area contributed by atoms with Gasteiger partial charge in [0.2, 0.25) is 11.8 Å². The first-order chi connectivity index (χ1) is 9.10. The van der Waals surface area contributed by atoms with Gasteiger partial charge in [0.15, 0.2) is 0 Å². The molecule has 1 aliphatic carbocycles. The van der Waals surface area contributed by atoms with Gasteiger partial charge in [-0.2, -0.15) is 4.98 Å². The molecule has 0 bridgehead atoms. The highest BCUT2D eigenvalue weighted by atomic mass is 16.5. The number of methoxy groups -OCH3 is 1. The molecule has 0 aromatic carbocycles. The minimum absolute atomic E-state index is 0.0255. The van der Waals surface area contributed by atoms with Crippen molar-refractivity contribution in [1.82, 2.24) is 4.98 Å². The quantitative estimate of drug-likeness (QED) is 0.840. The van der Waals surface area contributed by atoms with E-state index >= 15 is 0 Å². The molecule has 1 aliphatic rings. The summed E-state index contributed by atoms with van der Waals surface area (Å²) in [6.07, 6.45) is 3.58. The van der Waals surface area contributed by atoms with E-state index in [2.05, 4.69) is 4.98 Å². The molecule has 104 valence electrons. The Balaban J connectivity index is 2.15. The lowest BCUT2D eigenvalue weighted by Gasteiger charge is -2.26. The van der Waals surface area contributed by atoms with Crippen LogP contribution in [0.4, 0.5) is 0 Å². The Labute approximate surface area is 112 Å². The summed E-state index contributed by atoms with van der Waals surface area (Å²) in [6, 6.07) is 3.40. The van der Waals surface area contributed by atoms with E-state index in [9.17, 15) is 4.79 Å². The summed E-state index contributed by atoms with van der Waals surface area (Å²) >= 11 is 0. The number of rotatable bonds is 4. The fraction of sp³-hybridized carbons (Fsp3) is 0.538. The molecule has 0 atom stereocenters. The van der Waals surface area contributed by atoms with Crippen molar-refractivity contribution < 1.29 is 14.3 Å². The topological polar surface area (TPSA) is 100 Å². The molecule has 0 radical (unpaired) electrons. The van der Waals surface area contributed by atoms with Crippen LogP contribution in [0.3, 0.4) is 0 Å². The average Bonchev–Trinajstić information content (AvgIpc) is 2.41. The van der Waals surface area contributed by atoms with Crippen LogP contribution in [-0.4, -0.2) is 30.1 Å². The number of hydrogen-bond acceptors (Lipinski definition) is 5. The summed E-state index contributed by atoms with van der Waals surface area (Å²) in [4.78, 5) is 15.5. The number of nitrogens with two attached hydrogens (primary N) is 2. The van der Waals surface area contributed by atoms with Gasteiger partial charge < -0.3 is 20.9 Å². The number of primary amides is 1. The monoisotopic (exact) mass is 265 g/mol. The smallest absolute Gasteiger partial charge is 0.254 e. The largest absolute Gasteiger partial charge is 0.481 e. The third-order valence-corrected chi connectivity index (χ3v) is 3.31. The predicted molar refractivity (Wildman–Crippen MR) is 70.2 cm³/mol. The standard InChI is InChI=1S/C13H19N3O3/c1-18-11-7-6-10(12(15)17)13(16-11)19-9-4-2-8(14)3-5-9/h6-9H,2-5,14H2,1H3,(H2,15,17)/t8-,9-. The van der Waals surface area contributed by atoms with Gasteiger partial charge in [-0.05, 0) is 31.7 Å². The van der Waals surface area contributed by atoms with Gasteiger partial charge in [-0.15, -0.1) is 0 Å². The zero-order chi connectivity index (χ0) is 13.8. The van der Waals surface area contributed by atoms with Crippen molar-refractivity contribution in [2.24, 2.45) is 11.5 Å². The van der Waals surface area contributed by atoms with Gasteiger partial charge in [-0.3, -0.25) is 4.79 Å². The molecule has 0 saturated heterocycles. The van der Waals surface area contributed by atoms with Crippen LogP contribution in [0.15, 0.2) is 12.1 Å². The minimum Gasteiger partial charge on any atom is -0.481 e. The zero-order valence-electron chi connectivity index (χ0n) is 11.0. The van der Waals surface area contributed by atoms with Crippen LogP contribution in [-0.2, 0) is 0 Å². The van der Waals surface area contributed by atoms with Crippen LogP contribution in [0.25, 0.3) is 0 Å². The maximum atomic E-state index is 11.4. The number of amides is 1. The number of ether oxygens (including phenoxy) is 2. The molecule has 19 heavy (non-hydrogen) atoms. The Morgan fingerprint density at radius 2 is 2.00 bits per heavy atom. The molecule has 0 spiro atoms. The van der Waals surface area contributed by atoms with E-state index in [-0.39, 0.29) is 23.6 Å². The van der Waals surface area contributed by atoms with Crippen molar-refractivity contribution >= 4 is 5.91 Å². The number of carbonyl (C=O) groups is 1. The van der Waals surface area contributed by atoms with Crippen LogP contribution in [0.2, 0.25) is 0 Å². The summed E-state index contributed by atoms with van der Waals surface area (Å²) < 4.78 is 10.8. The Bertz CT molecular complexity index is 456. The third kappa shape index (κ3) is 3.35. The molecule has 1 heterocycles. The van der Waals surface area contributed by atoms with Crippen LogP contribution in [0.1, 0.15) is 36.0 Å². The first-order valence-electron chi connectivity index (χ1n) is 6.37. The maximum absolute atomic E-state index is 11.4. The molecular formula is C13H19N3O3. The van der Waals surface area contributed by atoms with Crippen LogP contribution < -0.4 is 20.9 Å². The van der Waals surface area contributed by atoms with E-state index in [1.807, 2.05) is 0 Å². The van der Waals surface area contributed by atoms with E-state index < -0.39 is 5.91 Å². The summed E-state index contributed by atoms with van der Waals surface area (Å²) in [7, 11) is 1.51. The summed E-state index contributed by atoms with van der Waals surface area (Å²) in [5.41, 5.74) is 11.4. The number of pyridine rings is 1. The van der Waals surface area contributed by atoms with Gasteiger partial charge >= 0.3 is 0 Å². The fourth-order valence-electron chi connectivity index (χ4n) is 2.18. The summed E-state index contributed by atoms with van der Waals surface area (Å²) in [5.74, 6) is 0.0810. The second kappa shape index (κ2) is 5.88. The van der Waals surface area contributed by atoms with Crippen LogP contribution in [0.5, 0.6) is 11.8 Å². The second-order valence-electron chi connectivity index (χ2n) is 4.73. The van der Waals surface area contributed by atoms with Crippen molar-refractivity contribution in [2.45, 2.75) is 37.8 Å². The third-order valence-electron chi connectivity index (χ3n) is 3.31. The van der Waals surface area contributed by atoms with Crippen molar-refractivity contribution in [3.8, 4) is 11.8 Å². The molecule has 1 aromatic rings. The van der Waals surface area contributed by atoms with Crippen LogP contribution >= 0.6 is 0 Å². The number of nitrogens with zero attached hydrogens (tertiary/aromatic N) is 1. The molecule has 1 aromatic heterocycles. The Morgan fingerprint density at radius 1 is 1.32 bits per heavy atom. The molecule has 0 aliphatic heterocycles. The molecule has 6 heteroatoms. The minimum atomic E-state index is -0.558. The van der Waals surface area contributed by atoms with E-state index in [0.717, 1.165) is 25.7 Å². The van der Waals surface area contributed by atoms with E-state index in [1.54, 1.807) is 12.1 Å². The maximum Gasteiger partial charge on any atom is 0.254 e. The highest BCUT2D eigenvalue weighted by Gasteiger charge is 2.22. The molecule has 2 rings (SSSR count). The lowest BCUT2D eigenvalue weighted by atomic mass is 9.94. The second-order valence-corrected chi connectivity index (χ2v) is 4.73. The lowest BCUT2D eigenvalue weighted by Crippen LogP contribution is -2.32. The normalized spacial score (nSPS) is 22.8. The predicted octanol–water partition coefficient (Wildman–Crippen LogP) is 0.838. The number of aromatic nitrogens is 1. The fourth-order valence-corrected chi connectivity index (χ4v) is 2.18. The van der Waals surface area contributed by atoms with Gasteiger partial charge in [-0.1, -0.05) is 0 Å². The summed E-state index contributed by atoms with van der Waals surface area (Å²) in [5, 5.41) is 0. The number of carbonyl (C=O) groups excluding carboxylic acids is 1. The van der Waals surface area contributed by atoms with E-state index in [0.29, 0.717) is 5.88 Å². The molecule has 4 N–H and O–H groups in total. The van der Waals surface area contributed by atoms with Crippen molar-refractivity contribution in [3.05, 3.63) is 17.7 Å². The average molecular weight is 265 g/mol. The van der Waals surface area contributed by atoms with Gasteiger partial charge in [0.25, 0.3) is 5.91 Å². The Morgan fingerprint density at radius 3 is 2.58 bits per heavy atom. The molecule has 1 saturated carbocycles. The molecule has 0 unspecified atom stereocenters. The van der Waals surface area contributed by atoms with Crippen molar-refractivity contribution in [2.75, 3.05) is 7.11 Å². The van der Waals surface area contributed by atoms with E-state index in [1.165, 1.54) is 7.11 Å². The first-order valence-corrected chi connectivity index (χ1v) is 6.37. The Hall–Kier alpha value is -1.82. The zero-order valence-corrected chi connectivity index (χ0v) is 11.0. The van der Waals surface area contributed by atoms with Gasteiger partial charge in [-0.25, -0.2) is 0 Å². The molecular weight excluding hydrogens is 246 g/mol. The highest BCUT2D eigenvalue weighted by Crippen LogP contribution is 2.26. The lowest BCUT2D eigenvalue weighted by molar-refractivity contribution is 0.0982. The van der Waals surface area contributed by atoms with Crippen LogP contribution in [0, 0.1) is 0 Å². The van der Waals surface area contributed by atoms with Gasteiger partial charge in [0.1, 0.15) is 11.7 Å². The van der Waals surface area contributed by atoms with Crippen molar-refractivity contribution in [3.63, 3.8) is 0 Å². The van der Waals surface area contributed by atoms with Gasteiger partial charge in [0.05, 0.1) is 7.11 Å². The summed E-state index contributed by atoms with van der Waals surface area (Å²) in [6.45, 7) is 0. The van der Waals surface area contributed by atoms with E-state index in [4.69, 9.17) is 20.9 Å². The molecule has 6 nitrogen and oxygen atoms in total. The highest BCUT2D eigenvalue weighted by molar-refractivity contribution is 5.95. The first kappa shape index (κ1) is 13.6. The number of hydrogen-bond donors (Lipinski definition) is 2. The SMILES string of the molecule is COc1ccc(C(N)=O)c(O[C@H]2CC[C@H](N)CC2)n1. The molecule has 1 amide bonds. The molecule has 1 fully saturated rings. The van der Waals surface area contributed by atoms with Gasteiger partial charge in [0, 0.05) is 12.1 Å². The Kier molecular flexibility index (Phi) is 4.21. The van der Waals surface area contributed by atoms with Crippen molar-refractivity contribution in [1.29, 1.82) is 0 Å².